The number of nitrogens with two attached hydrogens (primary N) is 1. The molecule has 1 heterocycles. The molecule has 28 heavy (non-hydrogen) atoms. The number of nitrogens with one attached hydrogen (secondary N) is 3. The molecular formula is C17H29N5O6. The Kier molecular flexibility index (Phi) is 8.35. The summed E-state index contributed by atoms with van der Waals surface area (Å²) in [6.45, 7) is 6.09. The molecule has 0 saturated carbocycles. The highest BCUT2D eigenvalue weighted by Crippen LogP contribution is 2.18. The van der Waals surface area contributed by atoms with Gasteiger partial charge in [0, 0.05) is 6.54 Å². The van der Waals surface area contributed by atoms with Gasteiger partial charge in [-0.05, 0) is 40.5 Å². The van der Waals surface area contributed by atoms with Crippen molar-refractivity contribution in [2.45, 2.75) is 70.7 Å². The lowest BCUT2D eigenvalue weighted by molar-refractivity contribution is -0.144. The van der Waals surface area contributed by atoms with Gasteiger partial charge < -0.3 is 31.7 Å². The molecule has 6 N–H and O–H groups in total. The molecule has 5 atom stereocenters. The summed E-state index contributed by atoms with van der Waals surface area (Å²) in [5.74, 6) is -3.23. The van der Waals surface area contributed by atoms with E-state index in [4.69, 9.17) is 10.8 Å². The molecule has 158 valence electrons. The fourth-order valence-electron chi connectivity index (χ4n) is 2.73. The smallest absolute Gasteiger partial charge is 0.325 e. The number of aliphatic carboxylic acids is 1. The highest BCUT2D eigenvalue weighted by atomic mass is 16.4. The highest BCUT2D eigenvalue weighted by Gasteiger charge is 2.37. The first-order valence-electron chi connectivity index (χ1n) is 9.15. The van der Waals surface area contributed by atoms with Crippen LogP contribution >= 0.6 is 0 Å². The van der Waals surface area contributed by atoms with Gasteiger partial charge in [0.25, 0.3) is 0 Å². The summed E-state index contributed by atoms with van der Waals surface area (Å²) in [5, 5.41) is 16.2. The molecule has 4 amide bonds. The van der Waals surface area contributed by atoms with Gasteiger partial charge >= 0.3 is 5.97 Å². The summed E-state index contributed by atoms with van der Waals surface area (Å²) in [6, 6.07) is -4.44. The van der Waals surface area contributed by atoms with Crippen LogP contribution in [0.5, 0.6) is 0 Å². The van der Waals surface area contributed by atoms with E-state index >= 15 is 0 Å². The normalized spacial score (nSPS) is 20.5. The average Bonchev–Trinajstić information content (AvgIpc) is 3.10. The number of carboxylic acid groups (broad SMARTS) is 1. The minimum atomic E-state index is -1.17. The Morgan fingerprint density at radius 3 is 2.04 bits per heavy atom. The van der Waals surface area contributed by atoms with Gasteiger partial charge in [0.15, 0.2) is 0 Å². The predicted octanol–water partition coefficient (Wildman–Crippen LogP) is -2.08. The molecule has 1 rings (SSSR count). The number of hydrogen-bond donors (Lipinski definition) is 5. The first-order chi connectivity index (χ1) is 13.0. The Morgan fingerprint density at radius 2 is 1.50 bits per heavy atom. The van der Waals surface area contributed by atoms with Crippen molar-refractivity contribution in [1.29, 1.82) is 0 Å². The van der Waals surface area contributed by atoms with E-state index in [2.05, 4.69) is 16.0 Å². The summed E-state index contributed by atoms with van der Waals surface area (Å²) in [7, 11) is 0. The summed E-state index contributed by atoms with van der Waals surface area (Å²) in [4.78, 5) is 61.0. The molecular weight excluding hydrogens is 370 g/mol. The second-order valence-electron chi connectivity index (χ2n) is 7.01. The monoisotopic (exact) mass is 399 g/mol. The van der Waals surface area contributed by atoms with Gasteiger partial charge in [-0.25, -0.2) is 0 Å². The van der Waals surface area contributed by atoms with Crippen molar-refractivity contribution in [3.63, 3.8) is 0 Å². The first kappa shape index (κ1) is 23.3. The third kappa shape index (κ3) is 6.19. The molecule has 1 saturated heterocycles. The van der Waals surface area contributed by atoms with Gasteiger partial charge in [0.2, 0.25) is 23.6 Å². The van der Waals surface area contributed by atoms with Crippen LogP contribution in [-0.4, -0.2) is 76.4 Å². The number of likely N-dealkylation sites (tertiary alicyclic amines) is 1. The van der Waals surface area contributed by atoms with Crippen molar-refractivity contribution in [2.24, 2.45) is 5.73 Å². The van der Waals surface area contributed by atoms with E-state index < -0.39 is 59.8 Å². The molecule has 1 aliphatic rings. The molecule has 1 aliphatic heterocycles. The quantitative estimate of drug-likeness (QED) is 0.312. The maximum absolute atomic E-state index is 12.7. The van der Waals surface area contributed by atoms with Gasteiger partial charge in [-0.2, -0.15) is 0 Å². The van der Waals surface area contributed by atoms with Crippen molar-refractivity contribution < 1.29 is 29.1 Å². The number of amides is 4. The standard InChI is InChI=1S/C17H29N5O6/c1-8(18)13(23)19-9(2)14(24)20-10(3)16(26)22-7-5-6-12(22)15(25)21-11(4)17(27)28/h8-12H,5-7,18H2,1-4H3,(H,19,23)(H,20,24)(H,21,25)(H,27,28)/t8-,9-,10-,11-,12-/m0/s1. The van der Waals surface area contributed by atoms with Gasteiger partial charge in [0.05, 0.1) is 6.04 Å². The third-order valence-corrected chi connectivity index (χ3v) is 4.46. The van der Waals surface area contributed by atoms with Crippen LogP contribution in [0.4, 0.5) is 0 Å². The zero-order valence-electron chi connectivity index (χ0n) is 16.5. The molecule has 0 aromatic heterocycles. The zero-order valence-corrected chi connectivity index (χ0v) is 16.5. The van der Waals surface area contributed by atoms with Crippen molar-refractivity contribution in [1.82, 2.24) is 20.9 Å². The molecule has 11 nitrogen and oxygen atoms in total. The van der Waals surface area contributed by atoms with Gasteiger partial charge in [-0.1, -0.05) is 0 Å². The number of rotatable bonds is 8. The summed E-state index contributed by atoms with van der Waals surface area (Å²) in [6.07, 6.45) is 0.998. The zero-order chi connectivity index (χ0) is 21.6. The summed E-state index contributed by atoms with van der Waals surface area (Å²) < 4.78 is 0. The van der Waals surface area contributed by atoms with E-state index in [9.17, 15) is 24.0 Å². The van der Waals surface area contributed by atoms with Crippen LogP contribution in [0.1, 0.15) is 40.5 Å². The minimum Gasteiger partial charge on any atom is -0.480 e. The van der Waals surface area contributed by atoms with E-state index in [1.807, 2.05) is 0 Å². The summed E-state index contributed by atoms with van der Waals surface area (Å²) >= 11 is 0. The average molecular weight is 399 g/mol. The molecule has 0 aromatic carbocycles. The molecule has 0 unspecified atom stereocenters. The van der Waals surface area contributed by atoms with Crippen molar-refractivity contribution >= 4 is 29.6 Å². The van der Waals surface area contributed by atoms with Crippen molar-refractivity contribution in [3.8, 4) is 0 Å². The van der Waals surface area contributed by atoms with Gasteiger partial charge in [-0.15, -0.1) is 0 Å². The molecule has 0 bridgehead atoms. The fraction of sp³-hybridized carbons (Fsp3) is 0.706. The lowest BCUT2D eigenvalue weighted by Crippen LogP contribution is -2.56. The lowest BCUT2D eigenvalue weighted by atomic mass is 10.1. The number of hydrogen-bond acceptors (Lipinski definition) is 6. The van der Waals surface area contributed by atoms with E-state index in [0.717, 1.165) is 0 Å². The van der Waals surface area contributed by atoms with Crippen LogP contribution in [0.25, 0.3) is 0 Å². The van der Waals surface area contributed by atoms with E-state index in [0.29, 0.717) is 19.4 Å². The first-order valence-corrected chi connectivity index (χ1v) is 9.15. The topological polar surface area (TPSA) is 171 Å². The van der Waals surface area contributed by atoms with Crippen molar-refractivity contribution in [2.75, 3.05) is 6.54 Å². The van der Waals surface area contributed by atoms with Crippen LogP contribution in [0, 0.1) is 0 Å². The maximum Gasteiger partial charge on any atom is 0.325 e. The molecule has 1 fully saturated rings. The van der Waals surface area contributed by atoms with Crippen LogP contribution in [-0.2, 0) is 24.0 Å². The van der Waals surface area contributed by atoms with Crippen molar-refractivity contribution in [3.05, 3.63) is 0 Å². The molecule has 0 aromatic rings. The number of nitrogens with zero attached hydrogens (tertiary/aromatic N) is 1. The summed E-state index contributed by atoms with van der Waals surface area (Å²) in [5.41, 5.74) is 5.43. The lowest BCUT2D eigenvalue weighted by Gasteiger charge is -2.28. The molecule has 11 heteroatoms. The van der Waals surface area contributed by atoms with E-state index in [1.54, 1.807) is 0 Å². The predicted molar refractivity (Wildman–Crippen MR) is 98.8 cm³/mol. The number of carbonyl (C=O) groups excluding carboxylic acids is 4. The molecule has 0 spiro atoms. The Morgan fingerprint density at radius 1 is 0.929 bits per heavy atom. The Bertz CT molecular complexity index is 638. The molecule has 0 aliphatic carbocycles. The van der Waals surface area contributed by atoms with Crippen LogP contribution in [0.15, 0.2) is 0 Å². The Labute approximate surface area is 163 Å². The number of carboxylic acids is 1. The van der Waals surface area contributed by atoms with Crippen LogP contribution < -0.4 is 21.7 Å². The molecule has 0 radical (unpaired) electrons. The maximum atomic E-state index is 12.7. The highest BCUT2D eigenvalue weighted by molar-refractivity contribution is 5.95. The van der Waals surface area contributed by atoms with Gasteiger partial charge in [-0.3, -0.25) is 24.0 Å². The van der Waals surface area contributed by atoms with E-state index in [-0.39, 0.29) is 0 Å². The fourth-order valence-corrected chi connectivity index (χ4v) is 2.73. The van der Waals surface area contributed by atoms with Crippen LogP contribution in [0.3, 0.4) is 0 Å². The Balaban J connectivity index is 2.67. The SMILES string of the molecule is C[C@H](N)C(=O)N[C@@H](C)C(=O)N[C@@H](C)C(=O)N1CCC[C@H]1C(=O)N[C@@H](C)C(=O)O. The Hall–Kier alpha value is -2.69. The second kappa shape index (κ2) is 10.0. The second-order valence-corrected chi connectivity index (χ2v) is 7.01. The largest absolute Gasteiger partial charge is 0.480 e. The number of carbonyl (C=O) groups is 5. The van der Waals surface area contributed by atoms with Gasteiger partial charge in [0.1, 0.15) is 24.2 Å². The van der Waals surface area contributed by atoms with E-state index in [1.165, 1.54) is 32.6 Å². The van der Waals surface area contributed by atoms with Crippen LogP contribution in [0.2, 0.25) is 0 Å². The third-order valence-electron chi connectivity index (χ3n) is 4.46. The minimum absolute atomic E-state index is 0.329.